The number of amides is 3. The molecule has 0 aromatic heterocycles. The van der Waals surface area contributed by atoms with Gasteiger partial charge in [-0.15, -0.1) is 0 Å². The zero-order valence-electron chi connectivity index (χ0n) is 15.8. The smallest absolute Gasteiger partial charge is 0.326 e. The first-order chi connectivity index (χ1) is 13.0. The fourth-order valence-electron chi connectivity index (χ4n) is 4.64. The number of rotatable bonds is 3. The molecule has 1 aliphatic carbocycles. The molecule has 0 unspecified atom stereocenters. The molecule has 0 bridgehead atoms. The van der Waals surface area contributed by atoms with Crippen molar-refractivity contribution in [3.05, 3.63) is 29.3 Å². The number of nitrogens with zero attached hydrogens (tertiary/aromatic N) is 3. The maximum Gasteiger partial charge on any atom is 0.326 e. The zero-order valence-corrected chi connectivity index (χ0v) is 16.5. The van der Waals surface area contributed by atoms with Crippen LogP contribution in [0.2, 0.25) is 5.02 Å². The summed E-state index contributed by atoms with van der Waals surface area (Å²) in [5.41, 5.74) is 0.449. The minimum atomic E-state index is -0.669. The van der Waals surface area contributed by atoms with Crippen molar-refractivity contribution in [2.45, 2.75) is 38.1 Å². The minimum absolute atomic E-state index is 0.0306. The Labute approximate surface area is 165 Å². The van der Waals surface area contributed by atoms with Gasteiger partial charge >= 0.3 is 6.03 Å². The molecule has 6 nitrogen and oxygen atoms in total. The lowest BCUT2D eigenvalue weighted by atomic mass is 9.73. The van der Waals surface area contributed by atoms with E-state index in [1.54, 1.807) is 0 Å². The third-order valence-electron chi connectivity index (χ3n) is 6.39. The first kappa shape index (κ1) is 18.6. The number of urea groups is 1. The Morgan fingerprint density at radius 2 is 1.96 bits per heavy atom. The van der Waals surface area contributed by atoms with Crippen molar-refractivity contribution in [3.63, 3.8) is 0 Å². The number of piperazine rings is 1. The quantitative estimate of drug-likeness (QED) is 0.806. The molecule has 2 aliphatic heterocycles. The first-order valence-electron chi connectivity index (χ1n) is 9.86. The van der Waals surface area contributed by atoms with Crippen LogP contribution in [0.1, 0.15) is 32.6 Å². The van der Waals surface area contributed by atoms with Gasteiger partial charge < -0.3 is 10.2 Å². The molecule has 1 N–H and O–H groups in total. The molecule has 2 saturated heterocycles. The molecule has 2 atom stereocenters. The molecular weight excluding hydrogens is 364 g/mol. The summed E-state index contributed by atoms with van der Waals surface area (Å²) >= 11 is 6.10. The van der Waals surface area contributed by atoms with Gasteiger partial charge in [-0.05, 0) is 37.0 Å². The predicted molar refractivity (Wildman–Crippen MR) is 106 cm³/mol. The zero-order chi connectivity index (χ0) is 19.0. The number of benzene rings is 1. The third kappa shape index (κ3) is 3.41. The largest absolute Gasteiger partial charge is 0.369 e. The molecule has 27 heavy (non-hydrogen) atoms. The summed E-state index contributed by atoms with van der Waals surface area (Å²) in [5.74, 6) is 0.171. The summed E-state index contributed by atoms with van der Waals surface area (Å²) in [7, 11) is 0. The fraction of sp³-hybridized carbons (Fsp3) is 0.600. The van der Waals surface area contributed by atoms with Gasteiger partial charge in [0.1, 0.15) is 5.54 Å². The summed E-state index contributed by atoms with van der Waals surface area (Å²) in [6.07, 6.45) is 3.90. The van der Waals surface area contributed by atoms with Crippen LogP contribution in [0, 0.1) is 5.92 Å². The molecule has 7 heteroatoms. The van der Waals surface area contributed by atoms with E-state index in [0.717, 1.165) is 62.6 Å². The Kier molecular flexibility index (Phi) is 5.03. The van der Waals surface area contributed by atoms with Crippen LogP contribution < -0.4 is 10.2 Å². The van der Waals surface area contributed by atoms with Crippen molar-refractivity contribution < 1.29 is 9.59 Å². The van der Waals surface area contributed by atoms with Crippen molar-refractivity contribution in [1.29, 1.82) is 0 Å². The standard InChI is InChI=1S/C20H27ClN4O2/c1-15-5-2-3-8-20(15)18(26)25(19(27)22-20)14-23-9-11-24(12-10-23)17-7-4-6-16(21)13-17/h4,6-7,13,15H,2-3,5,8-12,14H2,1H3,(H,22,27)/t15-,20+/m1/s1. The van der Waals surface area contributed by atoms with Gasteiger partial charge in [-0.3, -0.25) is 9.69 Å². The van der Waals surface area contributed by atoms with Crippen LogP contribution in [0.4, 0.5) is 10.5 Å². The highest BCUT2D eigenvalue weighted by atomic mass is 35.5. The van der Waals surface area contributed by atoms with Crippen LogP contribution >= 0.6 is 11.6 Å². The summed E-state index contributed by atoms with van der Waals surface area (Å²) < 4.78 is 0. The predicted octanol–water partition coefficient (Wildman–Crippen LogP) is 2.92. The molecule has 1 saturated carbocycles. The molecule has 3 fully saturated rings. The topological polar surface area (TPSA) is 55.9 Å². The molecule has 4 rings (SSSR count). The second-order valence-electron chi connectivity index (χ2n) is 8.01. The van der Waals surface area contributed by atoms with E-state index in [0.29, 0.717) is 6.67 Å². The molecule has 2 heterocycles. The normalized spacial score (nSPS) is 29.5. The monoisotopic (exact) mass is 390 g/mol. The Hall–Kier alpha value is -1.79. The van der Waals surface area contributed by atoms with E-state index in [1.807, 2.05) is 18.2 Å². The van der Waals surface area contributed by atoms with Crippen LogP contribution in [0.5, 0.6) is 0 Å². The van der Waals surface area contributed by atoms with Gasteiger partial charge in [-0.1, -0.05) is 37.4 Å². The minimum Gasteiger partial charge on any atom is -0.369 e. The van der Waals surface area contributed by atoms with E-state index in [1.165, 1.54) is 4.90 Å². The van der Waals surface area contributed by atoms with Gasteiger partial charge in [0, 0.05) is 36.9 Å². The van der Waals surface area contributed by atoms with E-state index in [4.69, 9.17) is 11.6 Å². The van der Waals surface area contributed by atoms with Crippen molar-refractivity contribution in [2.75, 3.05) is 37.7 Å². The Bertz CT molecular complexity index is 734. The lowest BCUT2D eigenvalue weighted by Crippen LogP contribution is -2.55. The van der Waals surface area contributed by atoms with Crippen LogP contribution in [0.15, 0.2) is 24.3 Å². The van der Waals surface area contributed by atoms with Gasteiger partial charge in [0.05, 0.1) is 6.67 Å². The molecule has 3 aliphatic rings. The van der Waals surface area contributed by atoms with E-state index >= 15 is 0 Å². The van der Waals surface area contributed by atoms with Crippen molar-refractivity contribution >= 4 is 29.2 Å². The highest BCUT2D eigenvalue weighted by molar-refractivity contribution is 6.30. The molecule has 3 amide bonds. The molecular formula is C20H27ClN4O2. The molecule has 0 radical (unpaired) electrons. The maximum atomic E-state index is 13.1. The van der Waals surface area contributed by atoms with Gasteiger partial charge in [0.15, 0.2) is 0 Å². The second-order valence-corrected chi connectivity index (χ2v) is 8.44. The number of anilines is 1. The summed E-state index contributed by atoms with van der Waals surface area (Å²) in [4.78, 5) is 31.5. The molecule has 1 aromatic carbocycles. The number of carbonyl (C=O) groups excluding carboxylic acids is 2. The van der Waals surface area contributed by atoms with Gasteiger partial charge in [-0.25, -0.2) is 9.69 Å². The molecule has 1 aromatic rings. The van der Waals surface area contributed by atoms with Crippen molar-refractivity contribution in [1.82, 2.24) is 15.1 Å². The van der Waals surface area contributed by atoms with Gasteiger partial charge in [0.25, 0.3) is 5.91 Å². The summed E-state index contributed by atoms with van der Waals surface area (Å²) in [5, 5.41) is 3.77. The Morgan fingerprint density at radius 1 is 1.19 bits per heavy atom. The second kappa shape index (κ2) is 7.32. The molecule has 146 valence electrons. The van der Waals surface area contributed by atoms with Crippen molar-refractivity contribution in [3.8, 4) is 0 Å². The maximum absolute atomic E-state index is 13.1. The van der Waals surface area contributed by atoms with Crippen LogP contribution in [-0.4, -0.2) is 60.1 Å². The summed E-state index contributed by atoms with van der Waals surface area (Å²) in [6, 6.07) is 7.64. The third-order valence-corrected chi connectivity index (χ3v) is 6.62. The lowest BCUT2D eigenvalue weighted by Gasteiger charge is -2.38. The highest BCUT2D eigenvalue weighted by Crippen LogP contribution is 2.38. The average molecular weight is 391 g/mol. The van der Waals surface area contributed by atoms with Gasteiger partial charge in [0.2, 0.25) is 0 Å². The average Bonchev–Trinajstić information content (AvgIpc) is 2.90. The number of imide groups is 1. The fourth-order valence-corrected chi connectivity index (χ4v) is 4.83. The van der Waals surface area contributed by atoms with E-state index < -0.39 is 5.54 Å². The van der Waals surface area contributed by atoms with E-state index in [9.17, 15) is 9.59 Å². The van der Waals surface area contributed by atoms with Gasteiger partial charge in [-0.2, -0.15) is 0 Å². The van der Waals surface area contributed by atoms with Crippen LogP contribution in [0.25, 0.3) is 0 Å². The first-order valence-corrected chi connectivity index (χ1v) is 10.2. The van der Waals surface area contributed by atoms with Crippen LogP contribution in [-0.2, 0) is 4.79 Å². The highest BCUT2D eigenvalue weighted by Gasteiger charge is 2.55. The number of nitrogens with one attached hydrogen (secondary N) is 1. The summed E-state index contributed by atoms with van der Waals surface area (Å²) in [6.45, 7) is 5.79. The van der Waals surface area contributed by atoms with Crippen molar-refractivity contribution in [2.24, 2.45) is 5.92 Å². The molecule has 1 spiro atoms. The van der Waals surface area contributed by atoms with E-state index in [2.05, 4.69) is 28.1 Å². The van der Waals surface area contributed by atoms with Crippen LogP contribution in [0.3, 0.4) is 0 Å². The number of halogens is 1. The van der Waals surface area contributed by atoms with E-state index in [-0.39, 0.29) is 17.9 Å². The Balaban J connectivity index is 1.38. The SMILES string of the molecule is C[C@@H]1CCCC[C@]12NC(=O)N(CN1CCN(c3cccc(Cl)c3)CC1)C2=O. The number of hydrogen-bond donors (Lipinski definition) is 1. The number of carbonyl (C=O) groups is 2. The Morgan fingerprint density at radius 3 is 2.67 bits per heavy atom. The number of hydrogen-bond acceptors (Lipinski definition) is 4. The lowest BCUT2D eigenvalue weighted by molar-refractivity contribution is -0.135.